The number of hydrogen-bond acceptors (Lipinski definition) is 1. The van der Waals surface area contributed by atoms with Crippen LogP contribution in [-0.2, 0) is 0 Å². The molecule has 1 nitrogen and oxygen atoms in total. The van der Waals surface area contributed by atoms with E-state index in [1.54, 1.807) is 44.3 Å². The second-order valence-electron chi connectivity index (χ2n) is 3.89. The first-order valence-corrected chi connectivity index (χ1v) is 5.36. The predicted octanol–water partition coefficient (Wildman–Crippen LogP) is 3.98. The Balaban J connectivity index is 2.56. The maximum atomic E-state index is 13.8. The fraction of sp³-hybridized carbons (Fsp3) is 0.143. The van der Waals surface area contributed by atoms with Crippen molar-refractivity contribution in [2.24, 2.45) is 0 Å². The molecule has 0 unspecified atom stereocenters. The molecule has 0 heterocycles. The molecule has 2 aromatic rings. The van der Waals surface area contributed by atoms with Crippen molar-refractivity contribution < 1.29 is 8.78 Å². The van der Waals surface area contributed by atoms with E-state index in [0.717, 1.165) is 5.69 Å². The minimum atomic E-state index is -0.793. The number of nitrogens with one attached hydrogen (secondary N) is 1. The van der Waals surface area contributed by atoms with E-state index in [9.17, 15) is 8.78 Å². The van der Waals surface area contributed by atoms with Gasteiger partial charge < -0.3 is 5.32 Å². The van der Waals surface area contributed by atoms with E-state index >= 15 is 0 Å². The van der Waals surface area contributed by atoms with E-state index in [1.165, 1.54) is 0 Å². The summed E-state index contributed by atoms with van der Waals surface area (Å²) in [7, 11) is 1.78. The standard InChI is InChI=1S/C14H13F2N/c1-9-6-7-12(14(16)13(9)15)10-4-3-5-11(8-10)17-2/h3-8,17H,1-2H3. The van der Waals surface area contributed by atoms with Crippen molar-refractivity contribution in [1.82, 2.24) is 0 Å². The van der Waals surface area contributed by atoms with Crippen molar-refractivity contribution in [3.05, 3.63) is 53.6 Å². The van der Waals surface area contributed by atoms with E-state index in [2.05, 4.69) is 5.32 Å². The van der Waals surface area contributed by atoms with Crippen molar-refractivity contribution in [1.29, 1.82) is 0 Å². The predicted molar refractivity (Wildman–Crippen MR) is 66.1 cm³/mol. The zero-order valence-corrected chi connectivity index (χ0v) is 9.72. The van der Waals surface area contributed by atoms with Gasteiger partial charge >= 0.3 is 0 Å². The van der Waals surface area contributed by atoms with Gasteiger partial charge in [0, 0.05) is 18.3 Å². The van der Waals surface area contributed by atoms with Gasteiger partial charge in [0.2, 0.25) is 0 Å². The third kappa shape index (κ3) is 2.13. The Morgan fingerprint density at radius 3 is 2.47 bits per heavy atom. The average Bonchev–Trinajstić information content (AvgIpc) is 2.36. The van der Waals surface area contributed by atoms with Gasteiger partial charge in [-0.25, -0.2) is 8.78 Å². The van der Waals surface area contributed by atoms with Gasteiger partial charge in [-0.15, -0.1) is 0 Å². The summed E-state index contributed by atoms with van der Waals surface area (Å²) in [5.74, 6) is -1.57. The van der Waals surface area contributed by atoms with Gasteiger partial charge in [0.05, 0.1) is 0 Å². The maximum Gasteiger partial charge on any atom is 0.166 e. The van der Waals surface area contributed by atoms with E-state index in [0.29, 0.717) is 11.1 Å². The third-order valence-electron chi connectivity index (χ3n) is 2.74. The number of hydrogen-bond donors (Lipinski definition) is 1. The van der Waals surface area contributed by atoms with Crippen molar-refractivity contribution in [2.45, 2.75) is 6.92 Å². The maximum absolute atomic E-state index is 13.8. The van der Waals surface area contributed by atoms with Crippen LogP contribution in [0.5, 0.6) is 0 Å². The summed E-state index contributed by atoms with van der Waals surface area (Å²) in [6, 6.07) is 10.4. The number of rotatable bonds is 2. The summed E-state index contributed by atoms with van der Waals surface area (Å²) in [5, 5.41) is 2.97. The quantitative estimate of drug-likeness (QED) is 0.827. The monoisotopic (exact) mass is 233 g/mol. The van der Waals surface area contributed by atoms with E-state index in [-0.39, 0.29) is 5.56 Å². The van der Waals surface area contributed by atoms with Gasteiger partial charge in [0.15, 0.2) is 11.6 Å². The Morgan fingerprint density at radius 1 is 1.00 bits per heavy atom. The van der Waals surface area contributed by atoms with Crippen LogP contribution in [-0.4, -0.2) is 7.05 Å². The Kier molecular flexibility index (Phi) is 3.09. The summed E-state index contributed by atoms with van der Waals surface area (Å²) < 4.78 is 27.3. The minimum Gasteiger partial charge on any atom is -0.388 e. The molecule has 0 saturated carbocycles. The molecule has 0 fully saturated rings. The summed E-state index contributed by atoms with van der Waals surface area (Å²) in [6.07, 6.45) is 0. The molecule has 3 heteroatoms. The highest BCUT2D eigenvalue weighted by Crippen LogP contribution is 2.27. The molecule has 1 N–H and O–H groups in total. The molecule has 0 aliphatic carbocycles. The number of halogens is 2. The lowest BCUT2D eigenvalue weighted by atomic mass is 10.0. The molecule has 0 aromatic heterocycles. The molecule has 0 aliphatic rings. The minimum absolute atomic E-state index is 0.283. The normalized spacial score (nSPS) is 10.4. The van der Waals surface area contributed by atoms with Crippen molar-refractivity contribution in [3.63, 3.8) is 0 Å². The Morgan fingerprint density at radius 2 is 1.76 bits per heavy atom. The first-order chi connectivity index (χ1) is 8.13. The smallest absolute Gasteiger partial charge is 0.166 e. The van der Waals surface area contributed by atoms with Gasteiger partial charge in [-0.3, -0.25) is 0 Å². The van der Waals surface area contributed by atoms with E-state index in [1.807, 2.05) is 6.07 Å². The molecule has 0 spiro atoms. The topological polar surface area (TPSA) is 12.0 Å². The summed E-state index contributed by atoms with van der Waals surface area (Å²) >= 11 is 0. The zero-order chi connectivity index (χ0) is 12.4. The van der Waals surface area contributed by atoms with Crippen LogP contribution in [0.1, 0.15) is 5.56 Å². The van der Waals surface area contributed by atoms with Crippen LogP contribution >= 0.6 is 0 Å². The SMILES string of the molecule is CNc1cccc(-c2ccc(C)c(F)c2F)c1. The molecule has 0 aliphatic heterocycles. The van der Waals surface area contributed by atoms with Crippen LogP contribution < -0.4 is 5.32 Å². The molecular formula is C14H13F2N. The van der Waals surface area contributed by atoms with Crippen LogP contribution in [0.2, 0.25) is 0 Å². The van der Waals surface area contributed by atoms with Crippen LogP contribution in [0.4, 0.5) is 14.5 Å². The molecule has 0 amide bonds. The Labute approximate surface area is 99.1 Å². The fourth-order valence-corrected chi connectivity index (χ4v) is 1.71. The Hall–Kier alpha value is -1.90. The van der Waals surface area contributed by atoms with Crippen LogP contribution in [0, 0.1) is 18.6 Å². The second kappa shape index (κ2) is 4.53. The fourth-order valence-electron chi connectivity index (χ4n) is 1.71. The summed E-state index contributed by atoms with van der Waals surface area (Å²) in [4.78, 5) is 0. The lowest BCUT2D eigenvalue weighted by Gasteiger charge is -2.08. The lowest BCUT2D eigenvalue weighted by Crippen LogP contribution is -1.94. The van der Waals surface area contributed by atoms with Gasteiger partial charge in [0.25, 0.3) is 0 Å². The summed E-state index contributed by atoms with van der Waals surface area (Å²) in [5.41, 5.74) is 2.12. The van der Waals surface area contributed by atoms with Gasteiger partial charge in [0.1, 0.15) is 0 Å². The van der Waals surface area contributed by atoms with Gasteiger partial charge in [-0.2, -0.15) is 0 Å². The number of aryl methyl sites for hydroxylation is 1. The van der Waals surface area contributed by atoms with Crippen LogP contribution in [0.3, 0.4) is 0 Å². The number of benzene rings is 2. The third-order valence-corrected chi connectivity index (χ3v) is 2.74. The van der Waals surface area contributed by atoms with Crippen molar-refractivity contribution >= 4 is 5.69 Å². The molecule has 0 saturated heterocycles. The zero-order valence-electron chi connectivity index (χ0n) is 9.72. The molecule has 2 aromatic carbocycles. The Bertz CT molecular complexity index is 550. The van der Waals surface area contributed by atoms with E-state index in [4.69, 9.17) is 0 Å². The van der Waals surface area contributed by atoms with Gasteiger partial charge in [-0.05, 0) is 30.2 Å². The molecule has 17 heavy (non-hydrogen) atoms. The van der Waals surface area contributed by atoms with Crippen molar-refractivity contribution in [2.75, 3.05) is 12.4 Å². The molecule has 88 valence electrons. The first-order valence-electron chi connectivity index (χ1n) is 5.36. The molecular weight excluding hydrogens is 220 g/mol. The molecule has 0 atom stereocenters. The molecule has 2 rings (SSSR count). The van der Waals surface area contributed by atoms with E-state index < -0.39 is 11.6 Å². The van der Waals surface area contributed by atoms with Crippen LogP contribution in [0.15, 0.2) is 36.4 Å². The number of anilines is 1. The average molecular weight is 233 g/mol. The second-order valence-corrected chi connectivity index (χ2v) is 3.89. The lowest BCUT2D eigenvalue weighted by molar-refractivity contribution is 0.505. The van der Waals surface area contributed by atoms with Crippen molar-refractivity contribution in [3.8, 4) is 11.1 Å². The highest BCUT2D eigenvalue weighted by Gasteiger charge is 2.12. The largest absolute Gasteiger partial charge is 0.388 e. The highest BCUT2D eigenvalue weighted by atomic mass is 19.2. The first kappa shape index (κ1) is 11.6. The summed E-state index contributed by atoms with van der Waals surface area (Å²) in [6.45, 7) is 1.55. The highest BCUT2D eigenvalue weighted by molar-refractivity contribution is 5.69. The molecule has 0 bridgehead atoms. The molecule has 0 radical (unpaired) electrons. The van der Waals surface area contributed by atoms with Crippen LogP contribution in [0.25, 0.3) is 11.1 Å². The van der Waals surface area contributed by atoms with Gasteiger partial charge in [-0.1, -0.05) is 24.3 Å².